The smallest absolute Gasteiger partial charge is 0.231 e. The summed E-state index contributed by atoms with van der Waals surface area (Å²) in [7, 11) is 0. The highest BCUT2D eigenvalue weighted by Gasteiger charge is 2.25. The van der Waals surface area contributed by atoms with E-state index in [0.29, 0.717) is 18.6 Å². The summed E-state index contributed by atoms with van der Waals surface area (Å²) in [5, 5.41) is 0. The van der Waals surface area contributed by atoms with Crippen LogP contribution in [0, 0.1) is 12.8 Å². The van der Waals surface area contributed by atoms with Crippen molar-refractivity contribution < 1.29 is 9.47 Å². The molecule has 94 valence electrons. The molecule has 0 aromatic heterocycles. The lowest BCUT2D eigenvalue weighted by Crippen LogP contribution is -2.08. The first-order chi connectivity index (χ1) is 8.13. The maximum atomic E-state index is 5.64. The van der Waals surface area contributed by atoms with Gasteiger partial charge in [0.1, 0.15) is 0 Å². The van der Waals surface area contributed by atoms with Gasteiger partial charge in [-0.3, -0.25) is 0 Å². The Morgan fingerprint density at radius 2 is 2.00 bits per heavy atom. The zero-order valence-corrected chi connectivity index (χ0v) is 11.2. The van der Waals surface area contributed by atoms with Gasteiger partial charge < -0.3 is 9.47 Å². The molecule has 2 heteroatoms. The molecule has 0 bridgehead atoms. The summed E-state index contributed by atoms with van der Waals surface area (Å²) in [6.07, 6.45) is 2.41. The maximum absolute atomic E-state index is 5.64. The van der Waals surface area contributed by atoms with Crippen LogP contribution in [0.25, 0.3) is 0 Å². The quantitative estimate of drug-likeness (QED) is 0.774. The third-order valence-electron chi connectivity index (χ3n) is 3.45. The third-order valence-corrected chi connectivity index (χ3v) is 3.45. The fraction of sp³-hybridized carbons (Fsp3) is 0.600. The van der Waals surface area contributed by atoms with Crippen LogP contribution in [0.3, 0.4) is 0 Å². The molecule has 0 spiro atoms. The Hall–Kier alpha value is -1.18. The number of ether oxygens (including phenoxy) is 2. The van der Waals surface area contributed by atoms with Gasteiger partial charge in [0.05, 0.1) is 0 Å². The summed E-state index contributed by atoms with van der Waals surface area (Å²) in [4.78, 5) is 0. The van der Waals surface area contributed by atoms with Crippen molar-refractivity contribution in [2.75, 3.05) is 6.79 Å². The minimum atomic E-state index is 0.364. The predicted molar refractivity (Wildman–Crippen MR) is 69.8 cm³/mol. The summed E-state index contributed by atoms with van der Waals surface area (Å²) in [6, 6.07) is 4.32. The number of benzene rings is 1. The van der Waals surface area contributed by atoms with Crippen LogP contribution in [0.2, 0.25) is 0 Å². The van der Waals surface area contributed by atoms with Gasteiger partial charge >= 0.3 is 0 Å². The minimum absolute atomic E-state index is 0.364. The first kappa shape index (κ1) is 12.3. The second-order valence-electron chi connectivity index (χ2n) is 5.23. The second-order valence-corrected chi connectivity index (χ2v) is 5.23. The van der Waals surface area contributed by atoms with Crippen LogP contribution >= 0.6 is 0 Å². The van der Waals surface area contributed by atoms with Crippen LogP contribution in [0.4, 0.5) is 0 Å². The van der Waals surface area contributed by atoms with Crippen molar-refractivity contribution in [3.05, 3.63) is 23.3 Å². The molecular weight excluding hydrogens is 212 g/mol. The Kier molecular flexibility index (Phi) is 3.60. The van der Waals surface area contributed by atoms with Crippen LogP contribution in [-0.4, -0.2) is 6.79 Å². The zero-order chi connectivity index (χ0) is 12.4. The van der Waals surface area contributed by atoms with E-state index in [2.05, 4.69) is 39.8 Å². The Morgan fingerprint density at radius 3 is 2.65 bits per heavy atom. The van der Waals surface area contributed by atoms with Gasteiger partial charge in [-0.05, 0) is 36.8 Å². The first-order valence-corrected chi connectivity index (χ1v) is 6.53. The first-order valence-electron chi connectivity index (χ1n) is 6.53. The lowest BCUT2D eigenvalue weighted by atomic mass is 9.83. The van der Waals surface area contributed by atoms with Gasteiger partial charge in [-0.2, -0.15) is 0 Å². The molecule has 17 heavy (non-hydrogen) atoms. The number of rotatable bonds is 4. The van der Waals surface area contributed by atoms with Gasteiger partial charge in [0.25, 0.3) is 0 Å². The largest absolute Gasteiger partial charge is 0.454 e. The van der Waals surface area contributed by atoms with Gasteiger partial charge in [-0.25, -0.2) is 0 Å². The summed E-state index contributed by atoms with van der Waals surface area (Å²) in [5.74, 6) is 3.09. The maximum Gasteiger partial charge on any atom is 0.231 e. The minimum Gasteiger partial charge on any atom is -0.454 e. The average Bonchev–Trinajstić information content (AvgIpc) is 2.72. The van der Waals surface area contributed by atoms with E-state index in [0.717, 1.165) is 11.5 Å². The molecule has 1 aromatic rings. The summed E-state index contributed by atoms with van der Waals surface area (Å²) >= 11 is 0. The molecule has 0 fully saturated rings. The Bertz CT molecular complexity index is 396. The van der Waals surface area contributed by atoms with E-state index < -0.39 is 0 Å². The highest BCUT2D eigenvalue weighted by atomic mass is 16.7. The molecule has 1 heterocycles. The molecule has 1 atom stereocenters. The predicted octanol–water partition coefficient (Wildman–Crippen LogP) is 4.26. The van der Waals surface area contributed by atoms with Gasteiger partial charge in [-0.1, -0.05) is 33.3 Å². The number of fused-ring (bicyclic) bond motifs is 1. The van der Waals surface area contributed by atoms with E-state index in [4.69, 9.17) is 9.47 Å². The average molecular weight is 234 g/mol. The van der Waals surface area contributed by atoms with Crippen molar-refractivity contribution >= 4 is 0 Å². The molecule has 0 amide bonds. The van der Waals surface area contributed by atoms with Crippen LogP contribution in [-0.2, 0) is 0 Å². The molecule has 0 radical (unpaired) electrons. The lowest BCUT2D eigenvalue weighted by molar-refractivity contribution is 0.172. The monoisotopic (exact) mass is 234 g/mol. The second kappa shape index (κ2) is 4.99. The summed E-state index contributed by atoms with van der Waals surface area (Å²) in [5.41, 5.74) is 2.58. The molecule has 0 saturated heterocycles. The van der Waals surface area contributed by atoms with E-state index in [9.17, 15) is 0 Å². The molecule has 1 aliphatic rings. The Morgan fingerprint density at radius 1 is 1.24 bits per heavy atom. The van der Waals surface area contributed by atoms with Crippen molar-refractivity contribution in [1.82, 2.24) is 0 Å². The van der Waals surface area contributed by atoms with Gasteiger partial charge in [-0.15, -0.1) is 0 Å². The number of aryl methyl sites for hydroxylation is 1. The molecule has 2 rings (SSSR count). The van der Waals surface area contributed by atoms with E-state index in [1.54, 1.807) is 0 Å². The lowest BCUT2D eigenvalue weighted by Gasteiger charge is -2.22. The van der Waals surface area contributed by atoms with Crippen molar-refractivity contribution in [2.45, 2.75) is 46.5 Å². The molecule has 1 aliphatic heterocycles. The van der Waals surface area contributed by atoms with Crippen molar-refractivity contribution in [3.63, 3.8) is 0 Å². The fourth-order valence-corrected chi connectivity index (χ4v) is 2.62. The van der Waals surface area contributed by atoms with E-state index >= 15 is 0 Å². The van der Waals surface area contributed by atoms with Crippen LogP contribution < -0.4 is 9.47 Å². The highest BCUT2D eigenvalue weighted by molar-refractivity contribution is 5.52. The van der Waals surface area contributed by atoms with E-state index in [-0.39, 0.29) is 0 Å². The molecule has 1 unspecified atom stereocenters. The standard InChI is InChI=1S/C15H22O2/c1-5-6-12(10(2)3)13-7-11(4)8-14-15(13)17-9-16-14/h7-8,10,12H,5-6,9H2,1-4H3. The highest BCUT2D eigenvalue weighted by Crippen LogP contribution is 2.43. The van der Waals surface area contributed by atoms with Crippen molar-refractivity contribution in [1.29, 1.82) is 0 Å². The SMILES string of the molecule is CCCC(c1cc(C)cc2c1OCO2)C(C)C. The normalized spacial score (nSPS) is 15.4. The van der Waals surface area contributed by atoms with Crippen molar-refractivity contribution in [2.24, 2.45) is 5.92 Å². The van der Waals surface area contributed by atoms with Gasteiger partial charge in [0.2, 0.25) is 6.79 Å². The fourth-order valence-electron chi connectivity index (χ4n) is 2.62. The third kappa shape index (κ3) is 2.41. The molecule has 0 saturated carbocycles. The number of hydrogen-bond donors (Lipinski definition) is 0. The molecular formula is C15H22O2. The van der Waals surface area contributed by atoms with Gasteiger partial charge in [0.15, 0.2) is 11.5 Å². The topological polar surface area (TPSA) is 18.5 Å². The van der Waals surface area contributed by atoms with Crippen LogP contribution in [0.5, 0.6) is 11.5 Å². The van der Waals surface area contributed by atoms with E-state index in [1.165, 1.54) is 24.0 Å². The summed E-state index contributed by atoms with van der Waals surface area (Å²) < 4.78 is 11.1. The molecule has 0 aliphatic carbocycles. The molecule has 2 nitrogen and oxygen atoms in total. The number of hydrogen-bond acceptors (Lipinski definition) is 2. The van der Waals surface area contributed by atoms with Crippen LogP contribution in [0.1, 0.15) is 50.7 Å². The zero-order valence-electron chi connectivity index (χ0n) is 11.2. The Balaban J connectivity index is 2.42. The molecule has 0 N–H and O–H groups in total. The van der Waals surface area contributed by atoms with Crippen LogP contribution in [0.15, 0.2) is 12.1 Å². The van der Waals surface area contributed by atoms with Crippen molar-refractivity contribution in [3.8, 4) is 11.5 Å². The van der Waals surface area contributed by atoms with E-state index in [1.807, 2.05) is 0 Å². The Labute approximate surface area is 104 Å². The summed E-state index contributed by atoms with van der Waals surface area (Å²) in [6.45, 7) is 9.29. The van der Waals surface area contributed by atoms with Gasteiger partial charge in [0, 0.05) is 5.56 Å². The molecule has 1 aromatic carbocycles.